The van der Waals surface area contributed by atoms with Crippen molar-refractivity contribution in [2.75, 3.05) is 23.9 Å². The maximum atomic E-state index is 13.2. The molecule has 0 N–H and O–H groups in total. The third-order valence-electron chi connectivity index (χ3n) is 4.89. The molecule has 1 fully saturated rings. The highest BCUT2D eigenvalue weighted by atomic mass is 32.2. The summed E-state index contributed by atoms with van der Waals surface area (Å²) < 4.78 is 27.7. The van der Waals surface area contributed by atoms with Gasteiger partial charge in [-0.1, -0.05) is 37.1 Å². The molecular formula is C21H26N2O3S. The first kappa shape index (κ1) is 19.4. The number of carbonyl (C=O) groups excluding carboxylic acids is 1. The van der Waals surface area contributed by atoms with Crippen LogP contribution in [0, 0.1) is 0 Å². The topological polar surface area (TPSA) is 57.7 Å². The molecule has 144 valence electrons. The first-order valence-corrected chi connectivity index (χ1v) is 10.9. The molecule has 0 spiro atoms. The predicted molar refractivity (Wildman–Crippen MR) is 107 cm³/mol. The molecule has 0 aromatic heterocycles. The molecule has 1 amide bonds. The summed E-state index contributed by atoms with van der Waals surface area (Å²) >= 11 is 0. The minimum Gasteiger partial charge on any atom is -0.339 e. The van der Waals surface area contributed by atoms with Gasteiger partial charge in [0.15, 0.2) is 0 Å². The second-order valence-corrected chi connectivity index (χ2v) is 8.60. The number of nitrogens with zero attached hydrogens (tertiary/aromatic N) is 2. The van der Waals surface area contributed by atoms with E-state index >= 15 is 0 Å². The third-order valence-corrected chi connectivity index (χ3v) is 6.79. The van der Waals surface area contributed by atoms with Crippen LogP contribution in [0.15, 0.2) is 59.5 Å². The van der Waals surface area contributed by atoms with Gasteiger partial charge in [0.1, 0.15) is 0 Å². The van der Waals surface area contributed by atoms with Crippen molar-refractivity contribution in [2.45, 2.75) is 37.5 Å². The molecule has 2 aromatic carbocycles. The summed E-state index contributed by atoms with van der Waals surface area (Å²) in [5, 5.41) is 0. The predicted octanol–water partition coefficient (Wildman–Crippen LogP) is 3.92. The Kier molecular flexibility index (Phi) is 6.16. The van der Waals surface area contributed by atoms with Crippen LogP contribution in [-0.2, 0) is 10.0 Å². The van der Waals surface area contributed by atoms with Gasteiger partial charge >= 0.3 is 0 Å². The molecule has 1 heterocycles. The first-order chi connectivity index (χ1) is 13.0. The summed E-state index contributed by atoms with van der Waals surface area (Å²) in [5.41, 5.74) is 1.05. The monoisotopic (exact) mass is 386 g/mol. The highest BCUT2D eigenvalue weighted by Crippen LogP contribution is 2.24. The van der Waals surface area contributed by atoms with Crippen molar-refractivity contribution in [3.63, 3.8) is 0 Å². The van der Waals surface area contributed by atoms with Gasteiger partial charge < -0.3 is 4.90 Å². The van der Waals surface area contributed by atoms with Crippen LogP contribution in [0.5, 0.6) is 0 Å². The zero-order valence-electron chi connectivity index (χ0n) is 15.7. The average molecular weight is 387 g/mol. The largest absolute Gasteiger partial charge is 0.339 e. The maximum Gasteiger partial charge on any atom is 0.264 e. The lowest BCUT2D eigenvalue weighted by Crippen LogP contribution is -2.33. The summed E-state index contributed by atoms with van der Waals surface area (Å²) in [6.45, 7) is 3.59. The van der Waals surface area contributed by atoms with E-state index in [1.165, 1.54) is 10.4 Å². The van der Waals surface area contributed by atoms with Crippen LogP contribution in [-0.4, -0.2) is 38.9 Å². The van der Waals surface area contributed by atoms with Gasteiger partial charge in [0.2, 0.25) is 0 Å². The molecule has 27 heavy (non-hydrogen) atoms. The molecule has 0 atom stereocenters. The number of para-hydroxylation sites is 1. The molecule has 2 aromatic rings. The molecule has 0 bridgehead atoms. The number of anilines is 1. The van der Waals surface area contributed by atoms with Crippen LogP contribution < -0.4 is 4.31 Å². The quantitative estimate of drug-likeness (QED) is 0.783. The second-order valence-electron chi connectivity index (χ2n) is 6.74. The average Bonchev–Trinajstić information content (AvgIpc) is 2.98. The van der Waals surface area contributed by atoms with Gasteiger partial charge in [-0.2, -0.15) is 0 Å². The number of sulfonamides is 1. The SMILES string of the molecule is CCN(c1ccccc1)S(=O)(=O)c1cccc(C(=O)N2CCCCCC2)c1. The summed E-state index contributed by atoms with van der Waals surface area (Å²) in [6.07, 6.45) is 4.28. The molecule has 0 saturated carbocycles. The Morgan fingerprint density at radius 2 is 1.63 bits per heavy atom. The number of amides is 1. The summed E-state index contributed by atoms with van der Waals surface area (Å²) in [7, 11) is -3.74. The van der Waals surface area contributed by atoms with Crippen molar-refractivity contribution in [3.05, 3.63) is 60.2 Å². The highest BCUT2D eigenvalue weighted by Gasteiger charge is 2.25. The number of carbonyl (C=O) groups is 1. The van der Waals surface area contributed by atoms with Crippen molar-refractivity contribution in [3.8, 4) is 0 Å². The standard InChI is InChI=1S/C21H26N2O3S/c1-2-23(19-12-6-5-7-13-19)27(25,26)20-14-10-11-18(17-20)21(24)22-15-8-3-4-9-16-22/h5-7,10-14,17H,2-4,8-9,15-16H2,1H3. The fourth-order valence-corrected chi connectivity index (χ4v) is 4.98. The Labute approximate surface area is 161 Å². The van der Waals surface area contributed by atoms with Crippen molar-refractivity contribution in [1.29, 1.82) is 0 Å². The number of benzene rings is 2. The van der Waals surface area contributed by atoms with Crippen molar-refractivity contribution in [2.24, 2.45) is 0 Å². The fraction of sp³-hybridized carbons (Fsp3) is 0.381. The van der Waals surface area contributed by atoms with Crippen LogP contribution in [0.1, 0.15) is 43.0 Å². The van der Waals surface area contributed by atoms with E-state index in [9.17, 15) is 13.2 Å². The Morgan fingerprint density at radius 1 is 0.963 bits per heavy atom. The fourth-order valence-electron chi connectivity index (χ4n) is 3.46. The van der Waals surface area contributed by atoms with Gasteiger partial charge in [0.25, 0.3) is 15.9 Å². The second kappa shape index (κ2) is 8.57. The molecule has 0 unspecified atom stereocenters. The maximum absolute atomic E-state index is 13.2. The minimum absolute atomic E-state index is 0.0864. The van der Waals surface area contributed by atoms with E-state index in [2.05, 4.69) is 0 Å². The molecule has 3 rings (SSSR count). The lowest BCUT2D eigenvalue weighted by Gasteiger charge is -2.24. The summed E-state index contributed by atoms with van der Waals surface area (Å²) in [5.74, 6) is -0.0864. The Balaban J connectivity index is 1.90. The zero-order chi connectivity index (χ0) is 19.3. The zero-order valence-corrected chi connectivity index (χ0v) is 16.5. The third kappa shape index (κ3) is 4.33. The summed E-state index contributed by atoms with van der Waals surface area (Å²) in [4.78, 5) is 14.8. The van der Waals surface area contributed by atoms with Gasteiger partial charge in [0.05, 0.1) is 10.6 Å². The van der Waals surface area contributed by atoms with Gasteiger partial charge in [0, 0.05) is 25.2 Å². The Hall–Kier alpha value is -2.34. The van der Waals surface area contributed by atoms with Crippen LogP contribution in [0.3, 0.4) is 0 Å². The normalized spacial score (nSPS) is 15.2. The number of hydrogen-bond donors (Lipinski definition) is 0. The van der Waals surface area contributed by atoms with E-state index in [1.54, 1.807) is 37.3 Å². The van der Waals surface area contributed by atoms with E-state index in [0.717, 1.165) is 38.8 Å². The number of rotatable bonds is 5. The Morgan fingerprint density at radius 3 is 2.26 bits per heavy atom. The summed E-state index contributed by atoms with van der Waals surface area (Å²) in [6, 6.07) is 15.4. The van der Waals surface area contributed by atoms with E-state index in [-0.39, 0.29) is 10.8 Å². The lowest BCUT2D eigenvalue weighted by atomic mass is 10.2. The first-order valence-electron chi connectivity index (χ1n) is 9.51. The molecular weight excluding hydrogens is 360 g/mol. The molecule has 0 radical (unpaired) electrons. The molecule has 1 aliphatic heterocycles. The smallest absolute Gasteiger partial charge is 0.264 e. The molecule has 6 heteroatoms. The number of likely N-dealkylation sites (tertiary alicyclic amines) is 1. The molecule has 5 nitrogen and oxygen atoms in total. The van der Waals surface area contributed by atoms with E-state index in [4.69, 9.17) is 0 Å². The van der Waals surface area contributed by atoms with Gasteiger partial charge in [-0.15, -0.1) is 0 Å². The van der Waals surface area contributed by atoms with Crippen LogP contribution in [0.4, 0.5) is 5.69 Å². The van der Waals surface area contributed by atoms with Gasteiger partial charge in [-0.3, -0.25) is 9.10 Å². The van der Waals surface area contributed by atoms with Crippen LogP contribution in [0.2, 0.25) is 0 Å². The van der Waals surface area contributed by atoms with Crippen LogP contribution >= 0.6 is 0 Å². The van der Waals surface area contributed by atoms with Crippen molar-refractivity contribution in [1.82, 2.24) is 4.90 Å². The van der Waals surface area contributed by atoms with Gasteiger partial charge in [-0.25, -0.2) is 8.42 Å². The van der Waals surface area contributed by atoms with E-state index < -0.39 is 10.0 Å². The molecule has 0 aliphatic carbocycles. The van der Waals surface area contributed by atoms with Crippen molar-refractivity contribution >= 4 is 21.6 Å². The molecule has 1 aliphatic rings. The van der Waals surface area contributed by atoms with Crippen LogP contribution in [0.25, 0.3) is 0 Å². The van der Waals surface area contributed by atoms with E-state index in [0.29, 0.717) is 17.8 Å². The van der Waals surface area contributed by atoms with Gasteiger partial charge in [-0.05, 0) is 50.1 Å². The molecule has 1 saturated heterocycles. The van der Waals surface area contributed by atoms with E-state index in [1.807, 2.05) is 23.1 Å². The Bertz CT molecular complexity index is 873. The minimum atomic E-state index is -3.74. The van der Waals surface area contributed by atoms with Crippen molar-refractivity contribution < 1.29 is 13.2 Å². The highest BCUT2D eigenvalue weighted by molar-refractivity contribution is 7.92. The lowest BCUT2D eigenvalue weighted by molar-refractivity contribution is 0.0761. The number of hydrogen-bond acceptors (Lipinski definition) is 3.